The Hall–Kier alpha value is -7.56. The molecule has 0 bridgehead atoms. The second kappa shape index (κ2) is 16.7. The summed E-state index contributed by atoms with van der Waals surface area (Å²) in [7, 11) is 0. The topological polar surface area (TPSA) is 9.72 Å². The number of fused-ring (bicyclic) bond motifs is 8. The van der Waals surface area contributed by atoms with E-state index in [9.17, 15) is 0 Å². The third-order valence-electron chi connectivity index (χ3n) is 17.7. The molecule has 0 aromatic heterocycles. The van der Waals surface area contributed by atoms with E-state index in [-0.39, 0.29) is 33.9 Å². The van der Waals surface area contributed by atoms with Gasteiger partial charge >= 0.3 is 0 Å². The molecular formula is C71H68BN3. The summed E-state index contributed by atoms with van der Waals surface area (Å²) >= 11 is 0. The van der Waals surface area contributed by atoms with Crippen molar-refractivity contribution in [3.63, 3.8) is 0 Å². The molecule has 0 saturated heterocycles. The summed E-state index contributed by atoms with van der Waals surface area (Å²) in [4.78, 5) is 8.00. The average Bonchev–Trinajstić information content (AvgIpc) is 3.63. The van der Waals surface area contributed by atoms with Crippen molar-refractivity contribution in [2.75, 3.05) is 14.7 Å². The van der Waals surface area contributed by atoms with Gasteiger partial charge in [-0.3, -0.25) is 0 Å². The van der Waals surface area contributed by atoms with E-state index in [0.29, 0.717) is 0 Å². The highest BCUT2D eigenvalue weighted by molar-refractivity contribution is 7.00. The zero-order valence-corrected chi connectivity index (χ0v) is 45.5. The van der Waals surface area contributed by atoms with Crippen LogP contribution in [-0.2, 0) is 34.5 Å². The fourth-order valence-electron chi connectivity index (χ4n) is 13.8. The summed E-state index contributed by atoms with van der Waals surface area (Å²) in [6, 6.07) is 79.5. The molecule has 4 aliphatic rings. The highest BCUT2D eigenvalue weighted by atomic mass is 15.3. The molecule has 75 heavy (non-hydrogen) atoms. The maximum absolute atomic E-state index is 2.75. The van der Waals surface area contributed by atoms with Gasteiger partial charge in [-0.2, -0.15) is 0 Å². The Morgan fingerprint density at radius 2 is 0.947 bits per heavy atom. The van der Waals surface area contributed by atoms with E-state index in [2.05, 4.69) is 290 Å². The fourth-order valence-corrected chi connectivity index (χ4v) is 13.8. The van der Waals surface area contributed by atoms with Crippen LogP contribution in [0.15, 0.2) is 206 Å². The summed E-state index contributed by atoms with van der Waals surface area (Å²) in [6.07, 6.45) is 1.84. The van der Waals surface area contributed by atoms with Gasteiger partial charge in [0.25, 0.3) is 6.71 Å². The number of hydrogen-bond donors (Lipinski definition) is 0. The van der Waals surface area contributed by atoms with Crippen LogP contribution in [0.1, 0.15) is 108 Å². The van der Waals surface area contributed by atoms with Crippen molar-refractivity contribution in [1.29, 1.82) is 0 Å². The number of hydrogen-bond acceptors (Lipinski definition) is 3. The normalized spacial score (nSPS) is 18.4. The van der Waals surface area contributed by atoms with Crippen LogP contribution in [0.25, 0.3) is 11.1 Å². The number of anilines is 8. The van der Waals surface area contributed by atoms with Crippen LogP contribution >= 0.6 is 0 Å². The second-order valence-electron chi connectivity index (χ2n) is 25.2. The standard InChI is InChI=1S/C71H68BN3/c1-67(2,3)50-33-36-54(37-34-50)73-63-44-55(75-61-31-21-19-29-57(61)71(51-27-15-12-16-28-51)46-49-26-18-17-25-48(49)45-70(71,75)10)38-39-59(63)72-58-30-20-22-32-62(58)74(65-43-53(69(7,8)9)42-64(73)66(65)72)60-40-35-52(68(4,5)6)41-56(60)47-23-13-11-14-24-47/h11-44H,45-46H2,1-10H3. The highest BCUT2D eigenvalue weighted by Gasteiger charge is 2.62. The molecule has 9 aromatic carbocycles. The van der Waals surface area contributed by atoms with Crippen LogP contribution in [-0.4, -0.2) is 12.3 Å². The monoisotopic (exact) mass is 974 g/mol. The zero-order chi connectivity index (χ0) is 51.8. The van der Waals surface area contributed by atoms with Gasteiger partial charge in [0.05, 0.1) is 11.2 Å². The summed E-state index contributed by atoms with van der Waals surface area (Å²) in [5.41, 5.74) is 25.0. The molecular weight excluding hydrogens is 906 g/mol. The number of benzene rings is 9. The first-order valence-electron chi connectivity index (χ1n) is 27.3. The van der Waals surface area contributed by atoms with Crippen LogP contribution in [0.3, 0.4) is 0 Å². The Kier molecular flexibility index (Phi) is 10.5. The molecule has 1 aliphatic carbocycles. The summed E-state index contributed by atoms with van der Waals surface area (Å²) in [6.45, 7) is 23.6. The SMILES string of the molecule is CC(C)(C)c1ccc(N2c3cc(N4c5ccccc5C5(c6ccccc6)Cc6ccccc6CC45C)ccc3B3c4ccccc4N(c4ccc(C(C)(C)C)cc4-c4ccccc4)c4cc(C(C)(C)C)cc2c43)cc1. The fraction of sp³-hybridized carbons (Fsp3) is 0.239. The van der Waals surface area contributed by atoms with E-state index in [0.717, 1.165) is 18.5 Å². The maximum Gasteiger partial charge on any atom is 0.252 e. The first kappa shape index (κ1) is 47.2. The van der Waals surface area contributed by atoms with E-state index >= 15 is 0 Å². The predicted molar refractivity (Wildman–Crippen MR) is 320 cm³/mol. The molecule has 4 heteroatoms. The number of nitrogens with zero attached hydrogens (tertiary/aromatic N) is 3. The van der Waals surface area contributed by atoms with Crippen LogP contribution in [0.2, 0.25) is 0 Å². The Bertz CT molecular complexity index is 3710. The van der Waals surface area contributed by atoms with Gasteiger partial charge in [-0.15, -0.1) is 0 Å². The molecule has 0 saturated carbocycles. The molecule has 370 valence electrons. The molecule has 0 amide bonds. The van der Waals surface area contributed by atoms with Crippen molar-refractivity contribution in [3.05, 3.63) is 245 Å². The lowest BCUT2D eigenvalue weighted by molar-refractivity contribution is 0.281. The average molecular weight is 974 g/mol. The quantitative estimate of drug-likeness (QED) is 0.159. The Labute approximate surface area is 446 Å². The molecule has 13 rings (SSSR count). The van der Waals surface area contributed by atoms with Gasteiger partial charge in [0.2, 0.25) is 0 Å². The van der Waals surface area contributed by atoms with Gasteiger partial charge in [0, 0.05) is 50.8 Å². The largest absolute Gasteiger partial charge is 0.334 e. The Morgan fingerprint density at radius 3 is 1.63 bits per heavy atom. The van der Waals surface area contributed by atoms with Gasteiger partial charge in [-0.05, 0) is 158 Å². The van der Waals surface area contributed by atoms with Crippen LogP contribution in [0.4, 0.5) is 45.5 Å². The van der Waals surface area contributed by atoms with E-state index in [1.165, 1.54) is 106 Å². The summed E-state index contributed by atoms with van der Waals surface area (Å²) in [5, 5.41) is 0. The lowest BCUT2D eigenvalue weighted by atomic mass is 9.33. The second-order valence-corrected chi connectivity index (χ2v) is 25.2. The van der Waals surface area contributed by atoms with Gasteiger partial charge in [-0.25, -0.2) is 0 Å². The third kappa shape index (κ3) is 7.15. The van der Waals surface area contributed by atoms with Gasteiger partial charge < -0.3 is 14.7 Å². The molecule has 3 aliphatic heterocycles. The van der Waals surface area contributed by atoms with E-state index in [1.54, 1.807) is 0 Å². The summed E-state index contributed by atoms with van der Waals surface area (Å²) < 4.78 is 0. The van der Waals surface area contributed by atoms with Crippen molar-refractivity contribution in [2.24, 2.45) is 0 Å². The molecule has 3 nitrogen and oxygen atoms in total. The minimum absolute atomic E-state index is 0.00752. The highest BCUT2D eigenvalue weighted by Crippen LogP contribution is 2.63. The van der Waals surface area contributed by atoms with Gasteiger partial charge in [-0.1, -0.05) is 208 Å². The Balaban J connectivity index is 1.09. The van der Waals surface area contributed by atoms with Crippen LogP contribution in [0.5, 0.6) is 0 Å². The molecule has 9 aromatic rings. The van der Waals surface area contributed by atoms with Crippen molar-refractivity contribution in [3.8, 4) is 11.1 Å². The van der Waals surface area contributed by atoms with Crippen molar-refractivity contribution in [1.82, 2.24) is 0 Å². The first-order valence-corrected chi connectivity index (χ1v) is 27.3. The Morgan fingerprint density at radius 1 is 0.400 bits per heavy atom. The summed E-state index contributed by atoms with van der Waals surface area (Å²) in [5.74, 6) is 0. The molecule has 0 N–H and O–H groups in total. The van der Waals surface area contributed by atoms with Crippen molar-refractivity contribution >= 4 is 68.6 Å². The molecule has 0 fully saturated rings. The molecule has 3 heterocycles. The smallest absolute Gasteiger partial charge is 0.252 e. The predicted octanol–water partition coefficient (Wildman–Crippen LogP) is 16.3. The number of rotatable bonds is 5. The lowest BCUT2D eigenvalue weighted by Crippen LogP contribution is -2.62. The molecule has 2 unspecified atom stereocenters. The van der Waals surface area contributed by atoms with Gasteiger partial charge in [0.1, 0.15) is 0 Å². The molecule has 0 radical (unpaired) electrons. The number of para-hydroxylation sites is 2. The zero-order valence-electron chi connectivity index (χ0n) is 45.5. The minimum Gasteiger partial charge on any atom is -0.334 e. The van der Waals surface area contributed by atoms with Crippen molar-refractivity contribution < 1.29 is 0 Å². The molecule has 2 atom stereocenters. The first-order chi connectivity index (χ1) is 36.0. The molecule has 0 spiro atoms. The van der Waals surface area contributed by atoms with Crippen LogP contribution < -0.4 is 31.1 Å². The van der Waals surface area contributed by atoms with Crippen LogP contribution in [0, 0.1) is 0 Å². The van der Waals surface area contributed by atoms with Gasteiger partial charge in [0.15, 0.2) is 0 Å². The van der Waals surface area contributed by atoms with E-state index in [4.69, 9.17) is 0 Å². The van der Waals surface area contributed by atoms with E-state index < -0.39 is 0 Å². The minimum atomic E-state index is -0.337. The third-order valence-corrected chi connectivity index (χ3v) is 17.7. The van der Waals surface area contributed by atoms with Crippen molar-refractivity contribution in [2.45, 2.75) is 109 Å². The van der Waals surface area contributed by atoms with E-state index in [1.807, 2.05) is 0 Å². The maximum atomic E-state index is 2.75. The lowest BCUT2D eigenvalue weighted by Gasteiger charge is -2.53.